The van der Waals surface area contributed by atoms with Gasteiger partial charge in [0.25, 0.3) is 0 Å². The molecule has 3 aliphatic rings. The topological polar surface area (TPSA) is 95.4 Å². The summed E-state index contributed by atoms with van der Waals surface area (Å²) in [7, 11) is 0. The summed E-state index contributed by atoms with van der Waals surface area (Å²) in [5.74, 6) is 0.0809. The van der Waals surface area contributed by atoms with Crippen molar-refractivity contribution in [3.63, 3.8) is 0 Å². The summed E-state index contributed by atoms with van der Waals surface area (Å²) in [6.45, 7) is 6.94. The number of aromatic nitrogens is 1. The number of urea groups is 1. The average Bonchev–Trinajstić information content (AvgIpc) is 3.40. The standard InChI is InChI=1S/C34H40N4O5/c1-2-30-26(10-13-32(35-30)43-29-11-8-25(9-12-29)33(39)40)22-36-18-14-28(15-19-36)38-31(24-6-4-3-5-7-24)23-37(34(38)41)27-16-20-42-21-17-27/h3-13,27-28,31H,2,14-23H2,1H3,(H,39,40). The van der Waals surface area contributed by atoms with Crippen LogP contribution in [-0.2, 0) is 17.7 Å². The molecule has 1 atom stereocenters. The number of aromatic carboxylic acids is 1. The maximum absolute atomic E-state index is 13.9. The third-order valence-electron chi connectivity index (χ3n) is 9.03. The van der Waals surface area contributed by atoms with Gasteiger partial charge in [-0.25, -0.2) is 14.6 Å². The van der Waals surface area contributed by atoms with Gasteiger partial charge in [-0.15, -0.1) is 0 Å². The van der Waals surface area contributed by atoms with Gasteiger partial charge in [0.1, 0.15) is 5.75 Å². The van der Waals surface area contributed by atoms with E-state index in [-0.39, 0.29) is 29.7 Å². The van der Waals surface area contributed by atoms with Crippen molar-refractivity contribution < 1.29 is 24.2 Å². The zero-order chi connectivity index (χ0) is 29.8. The van der Waals surface area contributed by atoms with E-state index in [1.807, 2.05) is 12.1 Å². The molecule has 43 heavy (non-hydrogen) atoms. The molecule has 6 rings (SSSR count). The lowest BCUT2D eigenvalue weighted by molar-refractivity contribution is 0.0493. The number of piperidine rings is 1. The van der Waals surface area contributed by atoms with Crippen LogP contribution >= 0.6 is 0 Å². The molecule has 1 N–H and O–H groups in total. The van der Waals surface area contributed by atoms with Crippen molar-refractivity contribution in [2.75, 3.05) is 32.8 Å². The van der Waals surface area contributed by atoms with Gasteiger partial charge in [0.15, 0.2) is 0 Å². The Morgan fingerprint density at radius 3 is 2.35 bits per heavy atom. The molecule has 0 saturated carbocycles. The summed E-state index contributed by atoms with van der Waals surface area (Å²) in [4.78, 5) is 36.6. The van der Waals surface area contributed by atoms with Gasteiger partial charge in [0, 0.05) is 63.2 Å². The Bertz CT molecular complexity index is 1400. The quantitative estimate of drug-likeness (QED) is 0.342. The van der Waals surface area contributed by atoms with Crippen molar-refractivity contribution in [1.82, 2.24) is 19.7 Å². The lowest BCUT2D eigenvalue weighted by Gasteiger charge is -2.39. The minimum absolute atomic E-state index is 0.0804. The molecule has 0 radical (unpaired) electrons. The lowest BCUT2D eigenvalue weighted by Crippen LogP contribution is -2.48. The van der Waals surface area contributed by atoms with E-state index < -0.39 is 5.97 Å². The van der Waals surface area contributed by atoms with Crippen molar-refractivity contribution in [3.8, 4) is 11.6 Å². The lowest BCUT2D eigenvalue weighted by atomic mass is 9.98. The molecule has 1 unspecified atom stereocenters. The predicted molar refractivity (Wildman–Crippen MR) is 162 cm³/mol. The predicted octanol–water partition coefficient (Wildman–Crippen LogP) is 5.76. The van der Waals surface area contributed by atoms with E-state index in [1.165, 1.54) is 23.3 Å². The number of carboxylic acids is 1. The fourth-order valence-electron chi connectivity index (χ4n) is 6.69. The summed E-state index contributed by atoms with van der Waals surface area (Å²) in [5.41, 5.74) is 3.61. The van der Waals surface area contributed by atoms with Gasteiger partial charge in [-0.05, 0) is 67.5 Å². The van der Waals surface area contributed by atoms with E-state index in [1.54, 1.807) is 12.1 Å². The molecule has 9 heteroatoms. The second-order valence-electron chi connectivity index (χ2n) is 11.7. The molecule has 3 aliphatic heterocycles. The fourth-order valence-corrected chi connectivity index (χ4v) is 6.69. The number of carbonyl (C=O) groups excluding carboxylic acids is 1. The average molecular weight is 585 g/mol. The Labute approximate surface area is 253 Å². The Morgan fingerprint density at radius 2 is 1.67 bits per heavy atom. The molecule has 3 aromatic rings. The maximum Gasteiger partial charge on any atom is 0.335 e. The van der Waals surface area contributed by atoms with Gasteiger partial charge in [0.2, 0.25) is 5.88 Å². The number of pyridine rings is 1. The highest BCUT2D eigenvalue weighted by Crippen LogP contribution is 2.37. The summed E-state index contributed by atoms with van der Waals surface area (Å²) in [6.07, 6.45) is 4.49. The van der Waals surface area contributed by atoms with Gasteiger partial charge in [-0.3, -0.25) is 4.90 Å². The monoisotopic (exact) mass is 584 g/mol. The normalized spacial score (nSPS) is 20.5. The van der Waals surface area contributed by atoms with E-state index >= 15 is 0 Å². The molecule has 3 fully saturated rings. The second kappa shape index (κ2) is 13.1. The van der Waals surface area contributed by atoms with Crippen molar-refractivity contribution >= 4 is 12.0 Å². The van der Waals surface area contributed by atoms with E-state index in [2.05, 4.69) is 52.0 Å². The van der Waals surface area contributed by atoms with Crippen molar-refractivity contribution in [1.29, 1.82) is 0 Å². The van der Waals surface area contributed by atoms with Crippen LogP contribution in [-0.4, -0.2) is 81.7 Å². The van der Waals surface area contributed by atoms with E-state index in [9.17, 15) is 9.59 Å². The van der Waals surface area contributed by atoms with Crippen LogP contribution < -0.4 is 4.74 Å². The van der Waals surface area contributed by atoms with Crippen molar-refractivity contribution in [2.24, 2.45) is 0 Å². The minimum atomic E-state index is -0.966. The number of rotatable bonds is 9. The molecule has 3 saturated heterocycles. The van der Waals surface area contributed by atoms with Crippen LogP contribution in [0, 0.1) is 0 Å². The molecular weight excluding hydrogens is 544 g/mol. The first-order valence-corrected chi connectivity index (χ1v) is 15.4. The Morgan fingerprint density at radius 1 is 0.953 bits per heavy atom. The number of aryl methyl sites for hydroxylation is 1. The van der Waals surface area contributed by atoms with Crippen LogP contribution in [0.3, 0.4) is 0 Å². The number of carbonyl (C=O) groups is 2. The zero-order valence-corrected chi connectivity index (χ0v) is 24.7. The largest absolute Gasteiger partial charge is 0.478 e. The number of likely N-dealkylation sites (tertiary alicyclic amines) is 1. The van der Waals surface area contributed by atoms with Gasteiger partial charge in [-0.1, -0.05) is 43.3 Å². The molecule has 0 aliphatic carbocycles. The minimum Gasteiger partial charge on any atom is -0.478 e. The number of amides is 2. The van der Waals surface area contributed by atoms with Crippen molar-refractivity contribution in [3.05, 3.63) is 89.1 Å². The Kier molecular flexibility index (Phi) is 8.90. The number of carboxylic acid groups (broad SMARTS) is 1. The highest BCUT2D eigenvalue weighted by atomic mass is 16.5. The van der Waals surface area contributed by atoms with E-state index in [4.69, 9.17) is 19.6 Å². The second-order valence-corrected chi connectivity index (χ2v) is 11.7. The van der Waals surface area contributed by atoms with E-state index in [0.29, 0.717) is 11.6 Å². The Balaban J connectivity index is 1.10. The van der Waals surface area contributed by atoms with Crippen LogP contribution in [0.2, 0.25) is 0 Å². The molecule has 9 nitrogen and oxygen atoms in total. The van der Waals surface area contributed by atoms with Crippen LogP contribution in [0.1, 0.15) is 65.8 Å². The first-order valence-electron chi connectivity index (χ1n) is 15.4. The van der Waals surface area contributed by atoms with E-state index in [0.717, 1.165) is 77.2 Å². The molecule has 2 amide bonds. The molecule has 0 bridgehead atoms. The summed E-state index contributed by atoms with van der Waals surface area (Å²) < 4.78 is 11.5. The maximum atomic E-state index is 13.9. The van der Waals surface area contributed by atoms with Gasteiger partial charge < -0.3 is 24.4 Å². The number of ether oxygens (including phenoxy) is 2. The number of benzene rings is 2. The number of hydrogen-bond donors (Lipinski definition) is 1. The van der Waals surface area contributed by atoms with Crippen LogP contribution in [0.25, 0.3) is 0 Å². The third kappa shape index (κ3) is 6.53. The van der Waals surface area contributed by atoms with Gasteiger partial charge in [0.05, 0.1) is 11.6 Å². The van der Waals surface area contributed by atoms with Gasteiger partial charge in [-0.2, -0.15) is 0 Å². The van der Waals surface area contributed by atoms with Crippen LogP contribution in [0.4, 0.5) is 4.79 Å². The molecule has 226 valence electrons. The third-order valence-corrected chi connectivity index (χ3v) is 9.03. The molecule has 0 spiro atoms. The molecule has 4 heterocycles. The SMILES string of the molecule is CCc1nc(Oc2ccc(C(=O)O)cc2)ccc1CN1CCC(N2C(=O)N(C3CCOCC3)CC2c2ccccc2)CC1. The van der Waals surface area contributed by atoms with Crippen LogP contribution in [0.5, 0.6) is 11.6 Å². The summed E-state index contributed by atoms with van der Waals surface area (Å²) in [5, 5.41) is 9.12. The summed E-state index contributed by atoms with van der Waals surface area (Å²) >= 11 is 0. The molecule has 2 aromatic carbocycles. The number of nitrogens with zero attached hydrogens (tertiary/aromatic N) is 4. The fraction of sp³-hybridized carbons (Fsp3) is 0.441. The first-order chi connectivity index (χ1) is 21.0. The zero-order valence-electron chi connectivity index (χ0n) is 24.7. The summed E-state index contributed by atoms with van der Waals surface area (Å²) in [6, 6.07) is 21.5. The van der Waals surface area contributed by atoms with Crippen LogP contribution in [0.15, 0.2) is 66.7 Å². The molecule has 1 aromatic heterocycles. The highest BCUT2D eigenvalue weighted by molar-refractivity contribution is 5.87. The van der Waals surface area contributed by atoms with Crippen molar-refractivity contribution in [2.45, 2.75) is 63.7 Å². The smallest absolute Gasteiger partial charge is 0.335 e. The number of hydrogen-bond acceptors (Lipinski definition) is 6. The first kappa shape index (κ1) is 29.1. The van der Waals surface area contributed by atoms with Gasteiger partial charge >= 0.3 is 12.0 Å². The Hall–Kier alpha value is -3.95. The highest BCUT2D eigenvalue weighted by Gasteiger charge is 2.45. The molecular formula is C34H40N4O5.